The summed E-state index contributed by atoms with van der Waals surface area (Å²) in [7, 11) is 1.74. The van der Waals surface area contributed by atoms with Gasteiger partial charge in [0.1, 0.15) is 0 Å². The summed E-state index contributed by atoms with van der Waals surface area (Å²) >= 11 is 1.85. The van der Waals surface area contributed by atoms with Crippen LogP contribution in [0.1, 0.15) is 40.4 Å². The fourth-order valence-corrected chi connectivity index (χ4v) is 3.59. The molecule has 0 saturated carbocycles. The minimum atomic E-state index is 0.262. The highest BCUT2D eigenvalue weighted by Gasteiger charge is 2.14. The van der Waals surface area contributed by atoms with E-state index in [2.05, 4.69) is 47.9 Å². The molecule has 0 aliphatic rings. The first kappa shape index (κ1) is 16.0. The highest BCUT2D eigenvalue weighted by molar-refractivity contribution is 7.12. The van der Waals surface area contributed by atoms with Crippen LogP contribution in [0.3, 0.4) is 0 Å². The van der Waals surface area contributed by atoms with Gasteiger partial charge in [0.25, 0.3) is 0 Å². The van der Waals surface area contributed by atoms with Crippen molar-refractivity contribution in [3.8, 4) is 0 Å². The van der Waals surface area contributed by atoms with Crippen LogP contribution in [0.25, 0.3) is 0 Å². The Labute approximate surface area is 131 Å². The summed E-state index contributed by atoms with van der Waals surface area (Å²) in [5, 5.41) is 3.55. The zero-order valence-electron chi connectivity index (χ0n) is 13.6. The van der Waals surface area contributed by atoms with E-state index in [9.17, 15) is 0 Å². The molecule has 0 bridgehead atoms. The maximum Gasteiger partial charge on any atom is 0.203 e. The zero-order chi connectivity index (χ0) is 15.4. The molecular weight excluding hydrogens is 282 g/mol. The first-order chi connectivity index (χ1) is 10.0. The summed E-state index contributed by atoms with van der Waals surface area (Å²) in [6.07, 6.45) is 3.09. The third-order valence-electron chi connectivity index (χ3n) is 3.54. The van der Waals surface area contributed by atoms with Crippen molar-refractivity contribution in [1.82, 2.24) is 9.55 Å². The second-order valence-corrected chi connectivity index (χ2v) is 6.94. The first-order valence-electron chi connectivity index (χ1n) is 7.37. The van der Waals surface area contributed by atoms with E-state index in [4.69, 9.17) is 4.74 Å². The Bertz CT molecular complexity index is 588. The average molecular weight is 307 g/mol. The Morgan fingerprint density at radius 1 is 1.38 bits per heavy atom. The van der Waals surface area contributed by atoms with Crippen molar-refractivity contribution >= 4 is 17.3 Å². The Morgan fingerprint density at radius 3 is 2.76 bits per heavy atom. The molecule has 116 valence electrons. The van der Waals surface area contributed by atoms with Crippen molar-refractivity contribution in [2.24, 2.45) is 0 Å². The molecule has 0 fully saturated rings. The minimum absolute atomic E-state index is 0.262. The summed E-state index contributed by atoms with van der Waals surface area (Å²) in [5.41, 5.74) is 2.40. The molecule has 0 amide bonds. The van der Waals surface area contributed by atoms with Crippen molar-refractivity contribution in [3.63, 3.8) is 0 Å². The van der Waals surface area contributed by atoms with Crippen molar-refractivity contribution < 1.29 is 4.74 Å². The molecule has 0 aliphatic carbocycles. The molecule has 2 heterocycles. The van der Waals surface area contributed by atoms with Crippen LogP contribution in [0, 0.1) is 20.8 Å². The molecule has 5 heteroatoms. The predicted molar refractivity (Wildman–Crippen MR) is 89.3 cm³/mol. The van der Waals surface area contributed by atoms with E-state index >= 15 is 0 Å². The molecular formula is C16H25N3OS. The molecule has 0 spiro atoms. The van der Waals surface area contributed by atoms with Crippen LogP contribution in [-0.2, 0) is 11.3 Å². The number of hydrogen-bond donors (Lipinski definition) is 1. The van der Waals surface area contributed by atoms with E-state index in [0.717, 1.165) is 31.2 Å². The highest BCUT2D eigenvalue weighted by atomic mass is 32.1. The fourth-order valence-electron chi connectivity index (χ4n) is 2.56. The molecule has 4 nitrogen and oxygen atoms in total. The molecule has 0 saturated heterocycles. The summed E-state index contributed by atoms with van der Waals surface area (Å²) in [4.78, 5) is 7.34. The number of rotatable bonds is 7. The molecule has 21 heavy (non-hydrogen) atoms. The second-order valence-electron chi connectivity index (χ2n) is 5.48. The standard InChI is InChI=1S/C16H25N3OS/c1-11-10-19(7-6-8-20-5)16(17-11)18-13(3)15-9-12(2)21-14(15)4/h9-10,13H,6-8H2,1-5H3,(H,17,18). The normalized spacial score (nSPS) is 12.6. The van der Waals surface area contributed by atoms with Gasteiger partial charge >= 0.3 is 0 Å². The summed E-state index contributed by atoms with van der Waals surface area (Å²) in [5.74, 6) is 0.944. The number of aryl methyl sites for hydroxylation is 4. The smallest absolute Gasteiger partial charge is 0.203 e. The maximum atomic E-state index is 5.13. The van der Waals surface area contributed by atoms with Gasteiger partial charge in [0, 0.05) is 36.2 Å². The fraction of sp³-hybridized carbons (Fsp3) is 0.562. The van der Waals surface area contributed by atoms with Crippen molar-refractivity contribution in [1.29, 1.82) is 0 Å². The third kappa shape index (κ3) is 4.08. The second kappa shape index (κ2) is 7.09. The molecule has 2 aromatic heterocycles. The Balaban J connectivity index is 2.09. The number of aromatic nitrogens is 2. The van der Waals surface area contributed by atoms with E-state index in [0.29, 0.717) is 0 Å². The van der Waals surface area contributed by atoms with E-state index in [1.165, 1.54) is 15.3 Å². The number of hydrogen-bond acceptors (Lipinski definition) is 4. The van der Waals surface area contributed by atoms with Crippen LogP contribution in [0.4, 0.5) is 5.95 Å². The summed E-state index contributed by atoms with van der Waals surface area (Å²) in [6.45, 7) is 10.3. The molecule has 1 N–H and O–H groups in total. The molecule has 0 aliphatic heterocycles. The lowest BCUT2D eigenvalue weighted by atomic mass is 10.1. The number of imidazole rings is 1. The van der Waals surface area contributed by atoms with E-state index in [1.807, 2.05) is 18.3 Å². The van der Waals surface area contributed by atoms with Crippen LogP contribution in [-0.4, -0.2) is 23.3 Å². The number of methoxy groups -OCH3 is 1. The highest BCUT2D eigenvalue weighted by Crippen LogP contribution is 2.28. The summed E-state index contributed by atoms with van der Waals surface area (Å²) in [6, 6.07) is 2.53. The Morgan fingerprint density at radius 2 is 2.14 bits per heavy atom. The lowest BCUT2D eigenvalue weighted by Gasteiger charge is -2.16. The topological polar surface area (TPSA) is 39.1 Å². The predicted octanol–water partition coefficient (Wildman–Crippen LogP) is 4.08. The van der Waals surface area contributed by atoms with Crippen molar-refractivity contribution in [2.45, 2.75) is 46.7 Å². The van der Waals surface area contributed by atoms with Crippen LogP contribution in [0.15, 0.2) is 12.3 Å². The largest absolute Gasteiger partial charge is 0.385 e. The maximum absolute atomic E-state index is 5.13. The number of ether oxygens (including phenoxy) is 1. The quantitative estimate of drug-likeness (QED) is 0.783. The van der Waals surface area contributed by atoms with Gasteiger partial charge in [-0.2, -0.15) is 0 Å². The van der Waals surface area contributed by atoms with Gasteiger partial charge in [0.15, 0.2) is 0 Å². The van der Waals surface area contributed by atoms with Gasteiger partial charge in [-0.3, -0.25) is 0 Å². The van der Waals surface area contributed by atoms with Gasteiger partial charge in [0.2, 0.25) is 5.95 Å². The lowest BCUT2D eigenvalue weighted by molar-refractivity contribution is 0.190. The van der Waals surface area contributed by atoms with Crippen molar-refractivity contribution in [2.75, 3.05) is 19.0 Å². The molecule has 0 radical (unpaired) electrons. The van der Waals surface area contributed by atoms with Gasteiger partial charge in [0.05, 0.1) is 11.7 Å². The van der Waals surface area contributed by atoms with Gasteiger partial charge in [-0.05, 0) is 45.7 Å². The average Bonchev–Trinajstić information content (AvgIpc) is 2.92. The van der Waals surface area contributed by atoms with Crippen LogP contribution in [0.2, 0.25) is 0 Å². The van der Waals surface area contributed by atoms with Crippen LogP contribution in [0.5, 0.6) is 0 Å². The van der Waals surface area contributed by atoms with E-state index in [-0.39, 0.29) is 6.04 Å². The molecule has 2 aromatic rings. The third-order valence-corrected chi connectivity index (χ3v) is 4.52. The monoisotopic (exact) mass is 307 g/mol. The van der Waals surface area contributed by atoms with Crippen molar-refractivity contribution in [3.05, 3.63) is 33.3 Å². The molecule has 1 unspecified atom stereocenters. The van der Waals surface area contributed by atoms with Gasteiger partial charge in [-0.1, -0.05) is 0 Å². The Kier molecular flexibility index (Phi) is 5.42. The number of nitrogens with zero attached hydrogens (tertiary/aromatic N) is 2. The first-order valence-corrected chi connectivity index (χ1v) is 8.19. The van der Waals surface area contributed by atoms with E-state index < -0.39 is 0 Å². The molecule has 1 atom stereocenters. The number of anilines is 1. The van der Waals surface area contributed by atoms with Crippen LogP contribution >= 0.6 is 11.3 Å². The van der Waals surface area contributed by atoms with E-state index in [1.54, 1.807) is 7.11 Å². The minimum Gasteiger partial charge on any atom is -0.385 e. The SMILES string of the molecule is COCCCn1cc(C)nc1NC(C)c1cc(C)sc1C. The van der Waals surface area contributed by atoms with Gasteiger partial charge in [-0.25, -0.2) is 4.98 Å². The molecule has 2 rings (SSSR count). The Hall–Kier alpha value is -1.33. The molecule has 0 aromatic carbocycles. The zero-order valence-corrected chi connectivity index (χ0v) is 14.4. The number of nitrogens with one attached hydrogen (secondary N) is 1. The van der Waals surface area contributed by atoms with Crippen LogP contribution < -0.4 is 5.32 Å². The van der Waals surface area contributed by atoms with Gasteiger partial charge < -0.3 is 14.6 Å². The summed E-state index contributed by atoms with van der Waals surface area (Å²) < 4.78 is 7.31. The van der Waals surface area contributed by atoms with Gasteiger partial charge in [-0.15, -0.1) is 11.3 Å². The lowest BCUT2D eigenvalue weighted by Crippen LogP contribution is -2.12. The number of thiophene rings is 1.